The SMILES string of the molecule is C[Si](C)(C)[C]1[CH][CH][C]([Si](C)(C)C)[CH]1.C[Si](C)(C)[C]1[CH][CH][C]([Si](C)(C)C)[CH]1.[Mg+2]. The van der Waals surface area contributed by atoms with Crippen molar-refractivity contribution < 1.29 is 0 Å². The van der Waals surface area contributed by atoms with E-state index in [1.165, 1.54) is 0 Å². The first-order valence-corrected chi connectivity index (χ1v) is 24.0. The van der Waals surface area contributed by atoms with Gasteiger partial charge in [0, 0.05) is 0 Å². The summed E-state index contributed by atoms with van der Waals surface area (Å²) < 4.78 is 0. The maximum atomic E-state index is 2.46. The number of rotatable bonds is 4. The van der Waals surface area contributed by atoms with Gasteiger partial charge in [-0.05, 0) is 60.7 Å². The summed E-state index contributed by atoms with van der Waals surface area (Å²) in [5, 5.41) is 0. The van der Waals surface area contributed by atoms with E-state index in [0.29, 0.717) is 0 Å². The molecule has 0 aromatic rings. The normalized spacial score (nSPS) is 21.8. The summed E-state index contributed by atoms with van der Waals surface area (Å²) in [5.41, 5.74) is 6.46. The van der Waals surface area contributed by atoms with Gasteiger partial charge in [0.25, 0.3) is 0 Å². The van der Waals surface area contributed by atoms with Crippen LogP contribution in [0.15, 0.2) is 0 Å². The van der Waals surface area contributed by atoms with Crippen molar-refractivity contribution in [3.05, 3.63) is 60.7 Å². The van der Waals surface area contributed by atoms with Crippen molar-refractivity contribution in [2.45, 2.75) is 78.6 Å². The van der Waals surface area contributed by atoms with Crippen LogP contribution in [0.4, 0.5) is 0 Å². The van der Waals surface area contributed by atoms with Crippen LogP contribution >= 0.6 is 0 Å². The van der Waals surface area contributed by atoms with E-state index in [-0.39, 0.29) is 23.1 Å². The second-order valence-corrected chi connectivity index (χ2v) is 32.1. The fourth-order valence-corrected chi connectivity index (χ4v) is 7.73. The van der Waals surface area contributed by atoms with E-state index in [1.807, 2.05) is 0 Å². The van der Waals surface area contributed by atoms with E-state index < -0.39 is 32.3 Å². The van der Waals surface area contributed by atoms with Crippen LogP contribution in [0.25, 0.3) is 0 Å². The fraction of sp³-hybridized carbons (Fsp3) is 0.545. The van der Waals surface area contributed by atoms with E-state index >= 15 is 0 Å². The Morgan fingerprint density at radius 2 is 0.519 bits per heavy atom. The first kappa shape index (κ1) is 28.6. The van der Waals surface area contributed by atoms with E-state index in [4.69, 9.17) is 0 Å². The molecule has 0 aromatic heterocycles. The largest absolute Gasteiger partial charge is 2.00 e. The van der Waals surface area contributed by atoms with E-state index in [0.717, 1.165) is 0 Å². The molecule has 2 aliphatic carbocycles. The van der Waals surface area contributed by atoms with Crippen LogP contribution in [0.3, 0.4) is 0 Å². The molecule has 0 aromatic carbocycles. The van der Waals surface area contributed by atoms with Gasteiger partial charge in [0.1, 0.15) is 0 Å². The fourth-order valence-electron chi connectivity index (χ4n) is 2.75. The Balaban J connectivity index is 0.000000483. The van der Waals surface area contributed by atoms with E-state index in [2.05, 4.69) is 117 Å². The Morgan fingerprint density at radius 3 is 0.593 bits per heavy atom. The molecule has 2 rings (SSSR count). The molecule has 5 heteroatoms. The van der Waals surface area contributed by atoms with Crippen LogP contribution in [0, 0.1) is 60.7 Å². The minimum Gasteiger partial charge on any atom is -0.0691 e. The van der Waals surface area contributed by atoms with Crippen LogP contribution in [0.2, 0.25) is 78.6 Å². The van der Waals surface area contributed by atoms with Crippen molar-refractivity contribution in [1.29, 1.82) is 0 Å². The molecule has 2 fully saturated rings. The summed E-state index contributed by atoms with van der Waals surface area (Å²) >= 11 is 0. The number of hydrogen-bond acceptors (Lipinski definition) is 0. The van der Waals surface area contributed by atoms with Crippen molar-refractivity contribution in [3.63, 3.8) is 0 Å². The zero-order chi connectivity index (χ0) is 20.6. The summed E-state index contributed by atoms with van der Waals surface area (Å²) in [6.07, 6.45) is 14.3. The van der Waals surface area contributed by atoms with Crippen LogP contribution in [0.1, 0.15) is 0 Å². The topological polar surface area (TPSA) is 0 Å². The molecular weight excluding hydrogens is 401 g/mol. The Bertz CT molecular complexity index is 355. The van der Waals surface area contributed by atoms with Crippen LogP contribution in [-0.2, 0) is 0 Å². The molecule has 2 saturated carbocycles. The van der Waals surface area contributed by atoms with Gasteiger partial charge in [0.15, 0.2) is 0 Å². The second-order valence-electron chi connectivity index (χ2n) is 11.8. The summed E-state index contributed by atoms with van der Waals surface area (Å²) in [4.78, 5) is 0. The third-order valence-electron chi connectivity index (χ3n) is 4.97. The van der Waals surface area contributed by atoms with Crippen LogP contribution < -0.4 is 0 Å². The average molecular weight is 443 g/mol. The molecule has 0 N–H and O–H groups in total. The van der Waals surface area contributed by atoms with Gasteiger partial charge in [0.05, 0.1) is 32.3 Å². The smallest absolute Gasteiger partial charge is 0.0691 e. The van der Waals surface area contributed by atoms with Gasteiger partial charge in [-0.3, -0.25) is 0 Å². The Labute approximate surface area is 193 Å². The molecule has 0 atom stereocenters. The average Bonchev–Trinajstić information content (AvgIpc) is 3.06. The minimum absolute atomic E-state index is 0. The van der Waals surface area contributed by atoms with Crippen molar-refractivity contribution >= 4 is 55.3 Å². The van der Waals surface area contributed by atoms with E-state index in [1.54, 1.807) is 22.2 Å². The first-order valence-electron chi connectivity index (χ1n) is 9.98. The Morgan fingerprint density at radius 1 is 0.370 bits per heavy atom. The third-order valence-corrected chi connectivity index (χ3v) is 13.1. The molecule has 146 valence electrons. The predicted molar refractivity (Wildman–Crippen MR) is 138 cm³/mol. The predicted octanol–water partition coefficient (Wildman–Crippen LogP) is 6.65. The van der Waals surface area contributed by atoms with Gasteiger partial charge in [-0.25, -0.2) is 0 Å². The van der Waals surface area contributed by atoms with Crippen LogP contribution in [-0.4, -0.2) is 55.3 Å². The minimum atomic E-state index is -1.07. The molecule has 0 spiro atoms. The molecule has 0 aliphatic heterocycles. The molecule has 10 radical (unpaired) electrons. The van der Waals surface area contributed by atoms with Gasteiger partial charge < -0.3 is 0 Å². The van der Waals surface area contributed by atoms with Crippen molar-refractivity contribution in [2.24, 2.45) is 0 Å². The zero-order valence-corrected chi connectivity index (χ0v) is 25.6. The van der Waals surface area contributed by atoms with E-state index in [9.17, 15) is 0 Å². The quantitative estimate of drug-likeness (QED) is 0.427. The second kappa shape index (κ2) is 10.3. The summed E-state index contributed by atoms with van der Waals surface area (Å²) in [6.45, 7) is 29.0. The molecule has 0 amide bonds. The molecule has 0 unspecified atom stereocenters. The summed E-state index contributed by atoms with van der Waals surface area (Å²) in [6, 6.07) is 0. The van der Waals surface area contributed by atoms with Crippen molar-refractivity contribution in [2.75, 3.05) is 0 Å². The van der Waals surface area contributed by atoms with Gasteiger partial charge in [-0.15, -0.1) is 0 Å². The van der Waals surface area contributed by atoms with Gasteiger partial charge >= 0.3 is 23.1 Å². The maximum absolute atomic E-state index is 2.46. The van der Waals surface area contributed by atoms with Crippen molar-refractivity contribution in [1.82, 2.24) is 0 Å². The monoisotopic (exact) mass is 442 g/mol. The first-order chi connectivity index (χ1) is 11.4. The molecular formula is C22H42MgSi4+2. The van der Waals surface area contributed by atoms with Crippen molar-refractivity contribution in [3.8, 4) is 0 Å². The molecule has 0 saturated heterocycles. The molecule has 2 aliphatic rings. The van der Waals surface area contributed by atoms with Gasteiger partial charge in [-0.2, -0.15) is 0 Å². The summed E-state index contributed by atoms with van der Waals surface area (Å²) in [5.74, 6) is 0. The standard InChI is InChI=1S/2C11H21Si2.Mg/c2*1-12(2,3)10-7-8-11(9-10)13(4,5)6;/h2*7-9H,1-6H3;/q;;+2. The molecule has 27 heavy (non-hydrogen) atoms. The number of hydrogen-bond donors (Lipinski definition) is 0. The molecule has 0 heterocycles. The molecule has 0 nitrogen and oxygen atoms in total. The Kier molecular flexibility index (Phi) is 10.9. The van der Waals surface area contributed by atoms with Gasteiger partial charge in [0.2, 0.25) is 0 Å². The van der Waals surface area contributed by atoms with Crippen LogP contribution in [0.5, 0.6) is 0 Å². The maximum Gasteiger partial charge on any atom is 2.00 e. The zero-order valence-electron chi connectivity index (χ0n) is 20.2. The van der Waals surface area contributed by atoms with Gasteiger partial charge in [-0.1, -0.05) is 78.6 Å². The summed E-state index contributed by atoms with van der Waals surface area (Å²) in [7, 11) is -4.28. The third kappa shape index (κ3) is 9.54. The Hall–Kier alpha value is 1.63. The molecule has 0 bridgehead atoms.